The lowest BCUT2D eigenvalue weighted by Crippen LogP contribution is -2.48. The van der Waals surface area contributed by atoms with Crippen LogP contribution in [0.1, 0.15) is 21.8 Å². The number of carbonyl (C=O) groups excluding carboxylic acids is 1. The van der Waals surface area contributed by atoms with Gasteiger partial charge in [-0.15, -0.1) is 0 Å². The monoisotopic (exact) mass is 322 g/mol. The van der Waals surface area contributed by atoms with Crippen LogP contribution in [0.25, 0.3) is 0 Å². The molecule has 0 spiro atoms. The minimum Gasteiger partial charge on any atom is -0.468 e. The van der Waals surface area contributed by atoms with Crippen molar-refractivity contribution in [2.24, 2.45) is 7.05 Å². The van der Waals surface area contributed by atoms with Crippen molar-refractivity contribution in [3.63, 3.8) is 0 Å². The van der Waals surface area contributed by atoms with Gasteiger partial charge in [0.1, 0.15) is 10.9 Å². The summed E-state index contributed by atoms with van der Waals surface area (Å²) in [5.41, 5.74) is 1.19. The number of hydrogen-bond donors (Lipinski definition) is 0. The molecule has 0 atom stereocenters. The third kappa shape index (κ3) is 2.89. The van der Waals surface area contributed by atoms with E-state index in [-0.39, 0.29) is 5.91 Å². The third-order valence-electron chi connectivity index (χ3n) is 3.99. The number of rotatable bonds is 3. The molecular weight excluding hydrogens is 304 g/mol. The zero-order chi connectivity index (χ0) is 15.7. The molecule has 2 aromatic heterocycles. The Kier molecular flexibility index (Phi) is 4.22. The third-order valence-corrected chi connectivity index (χ3v) is 4.42. The van der Waals surface area contributed by atoms with Crippen molar-refractivity contribution in [3.05, 3.63) is 40.6 Å². The fourth-order valence-corrected chi connectivity index (χ4v) is 3.02. The summed E-state index contributed by atoms with van der Waals surface area (Å²) >= 11 is 6.18. The van der Waals surface area contributed by atoms with Crippen molar-refractivity contribution in [2.75, 3.05) is 26.2 Å². The summed E-state index contributed by atoms with van der Waals surface area (Å²) in [4.78, 5) is 16.7. The lowest BCUT2D eigenvalue weighted by atomic mass is 10.2. The Morgan fingerprint density at radius 1 is 1.36 bits per heavy atom. The number of hydrogen-bond acceptors (Lipinski definition) is 4. The molecule has 3 rings (SSSR count). The summed E-state index contributed by atoms with van der Waals surface area (Å²) in [6, 6.07) is 3.86. The van der Waals surface area contributed by atoms with Gasteiger partial charge >= 0.3 is 0 Å². The van der Waals surface area contributed by atoms with E-state index in [9.17, 15) is 4.79 Å². The SMILES string of the molecule is Cc1nn(C)c(Cl)c1C(=O)N1CCN(Cc2ccco2)CC1. The van der Waals surface area contributed by atoms with Crippen LogP contribution in [0.15, 0.2) is 22.8 Å². The summed E-state index contributed by atoms with van der Waals surface area (Å²) in [7, 11) is 1.74. The number of piperazine rings is 1. The highest BCUT2D eigenvalue weighted by Crippen LogP contribution is 2.21. The van der Waals surface area contributed by atoms with E-state index in [2.05, 4.69) is 10.00 Å². The predicted octanol–water partition coefficient (Wildman–Crippen LogP) is 1.93. The van der Waals surface area contributed by atoms with Crippen molar-refractivity contribution in [1.82, 2.24) is 19.6 Å². The highest BCUT2D eigenvalue weighted by atomic mass is 35.5. The van der Waals surface area contributed by atoms with Crippen LogP contribution in [0.4, 0.5) is 0 Å². The maximum absolute atomic E-state index is 12.6. The number of carbonyl (C=O) groups is 1. The minimum atomic E-state index is -0.0340. The maximum atomic E-state index is 12.6. The molecule has 7 heteroatoms. The van der Waals surface area contributed by atoms with E-state index >= 15 is 0 Å². The Morgan fingerprint density at radius 2 is 2.09 bits per heavy atom. The fraction of sp³-hybridized carbons (Fsp3) is 0.467. The predicted molar refractivity (Wildman–Crippen MR) is 82.8 cm³/mol. The second-order valence-corrected chi connectivity index (χ2v) is 5.88. The largest absolute Gasteiger partial charge is 0.468 e. The van der Waals surface area contributed by atoms with Gasteiger partial charge in [0, 0.05) is 33.2 Å². The molecule has 1 aliphatic rings. The van der Waals surface area contributed by atoms with Crippen LogP contribution in [0.2, 0.25) is 5.15 Å². The molecule has 0 bridgehead atoms. The number of amides is 1. The van der Waals surface area contributed by atoms with Gasteiger partial charge in [-0.05, 0) is 19.1 Å². The van der Waals surface area contributed by atoms with E-state index < -0.39 is 0 Å². The molecule has 6 nitrogen and oxygen atoms in total. The summed E-state index contributed by atoms with van der Waals surface area (Å²) in [5.74, 6) is 0.916. The molecule has 0 saturated carbocycles. The molecule has 22 heavy (non-hydrogen) atoms. The lowest BCUT2D eigenvalue weighted by molar-refractivity contribution is 0.0620. The van der Waals surface area contributed by atoms with Gasteiger partial charge in [-0.25, -0.2) is 0 Å². The van der Waals surface area contributed by atoms with E-state index in [1.165, 1.54) is 4.68 Å². The van der Waals surface area contributed by atoms with Crippen LogP contribution in [0.3, 0.4) is 0 Å². The van der Waals surface area contributed by atoms with Crippen LogP contribution in [-0.4, -0.2) is 51.7 Å². The fourth-order valence-electron chi connectivity index (χ4n) is 2.76. The summed E-state index contributed by atoms with van der Waals surface area (Å²) in [6.45, 7) is 5.61. The zero-order valence-electron chi connectivity index (χ0n) is 12.8. The number of aryl methyl sites for hydroxylation is 2. The zero-order valence-corrected chi connectivity index (χ0v) is 13.5. The average molecular weight is 323 g/mol. The molecule has 0 aromatic carbocycles. The number of furan rings is 1. The number of halogens is 1. The molecule has 1 saturated heterocycles. The van der Waals surface area contributed by atoms with Crippen LogP contribution < -0.4 is 0 Å². The Bertz CT molecular complexity index is 657. The molecule has 1 aliphatic heterocycles. The lowest BCUT2D eigenvalue weighted by Gasteiger charge is -2.34. The summed E-state index contributed by atoms with van der Waals surface area (Å²) in [5, 5.41) is 4.61. The van der Waals surface area contributed by atoms with Crippen LogP contribution in [0.5, 0.6) is 0 Å². The van der Waals surface area contributed by atoms with Crippen molar-refractivity contribution < 1.29 is 9.21 Å². The number of nitrogens with zero attached hydrogens (tertiary/aromatic N) is 4. The van der Waals surface area contributed by atoms with Crippen molar-refractivity contribution >= 4 is 17.5 Å². The molecule has 2 aromatic rings. The second kappa shape index (κ2) is 6.14. The van der Waals surface area contributed by atoms with Gasteiger partial charge in [0.05, 0.1) is 24.1 Å². The molecule has 1 amide bonds. The Balaban J connectivity index is 1.62. The van der Waals surface area contributed by atoms with Crippen molar-refractivity contribution in [2.45, 2.75) is 13.5 Å². The van der Waals surface area contributed by atoms with Crippen LogP contribution in [0, 0.1) is 6.92 Å². The van der Waals surface area contributed by atoms with Gasteiger partial charge in [-0.3, -0.25) is 14.4 Å². The van der Waals surface area contributed by atoms with E-state index in [4.69, 9.17) is 16.0 Å². The standard InChI is InChI=1S/C15H19ClN4O2/c1-11-13(14(16)18(2)17-11)15(21)20-7-5-19(6-8-20)10-12-4-3-9-22-12/h3-4,9H,5-8,10H2,1-2H3. The van der Waals surface area contributed by atoms with Gasteiger partial charge in [-0.2, -0.15) is 5.10 Å². The first kappa shape index (κ1) is 15.1. The van der Waals surface area contributed by atoms with Gasteiger partial charge in [0.25, 0.3) is 5.91 Å². The maximum Gasteiger partial charge on any atom is 0.258 e. The first-order chi connectivity index (χ1) is 10.6. The molecule has 0 N–H and O–H groups in total. The van der Waals surface area contributed by atoms with Gasteiger partial charge in [0.2, 0.25) is 0 Å². The molecule has 0 aliphatic carbocycles. The average Bonchev–Trinajstić information content (AvgIpc) is 3.08. The molecular formula is C15H19ClN4O2. The van der Waals surface area contributed by atoms with Gasteiger partial charge < -0.3 is 9.32 Å². The molecule has 3 heterocycles. The molecule has 118 valence electrons. The van der Waals surface area contributed by atoms with Crippen LogP contribution >= 0.6 is 11.6 Å². The Labute approximate surface area is 134 Å². The molecule has 0 radical (unpaired) electrons. The molecule has 0 unspecified atom stereocenters. The minimum absolute atomic E-state index is 0.0340. The van der Waals surface area contributed by atoms with E-state index in [1.807, 2.05) is 24.0 Å². The van der Waals surface area contributed by atoms with Crippen LogP contribution in [-0.2, 0) is 13.6 Å². The van der Waals surface area contributed by atoms with Crippen molar-refractivity contribution in [1.29, 1.82) is 0 Å². The Hall–Kier alpha value is -1.79. The molecule has 1 fully saturated rings. The topological polar surface area (TPSA) is 54.5 Å². The smallest absolute Gasteiger partial charge is 0.258 e. The quantitative estimate of drug-likeness (QED) is 0.866. The van der Waals surface area contributed by atoms with E-state index in [0.717, 1.165) is 25.4 Å². The highest BCUT2D eigenvalue weighted by molar-refractivity contribution is 6.33. The second-order valence-electron chi connectivity index (χ2n) is 5.52. The van der Waals surface area contributed by atoms with Gasteiger partial charge in [0.15, 0.2) is 0 Å². The van der Waals surface area contributed by atoms with Crippen molar-refractivity contribution in [3.8, 4) is 0 Å². The van der Waals surface area contributed by atoms with Gasteiger partial charge in [-0.1, -0.05) is 11.6 Å². The van der Waals surface area contributed by atoms with E-state index in [0.29, 0.717) is 29.5 Å². The first-order valence-electron chi connectivity index (χ1n) is 7.29. The first-order valence-corrected chi connectivity index (χ1v) is 7.67. The Morgan fingerprint density at radius 3 is 2.64 bits per heavy atom. The normalized spacial score (nSPS) is 16.2. The number of aromatic nitrogens is 2. The highest BCUT2D eigenvalue weighted by Gasteiger charge is 2.27. The summed E-state index contributed by atoms with van der Waals surface area (Å²) in [6.07, 6.45) is 1.68. The summed E-state index contributed by atoms with van der Waals surface area (Å²) < 4.78 is 6.90. The van der Waals surface area contributed by atoms with E-state index in [1.54, 1.807) is 13.3 Å².